The smallest absolute Gasteiger partial charge is 0.229 e. The summed E-state index contributed by atoms with van der Waals surface area (Å²) in [6, 6.07) is 1.61. The molecule has 1 aromatic rings. The number of ether oxygens (including phenoxy) is 2. The van der Waals surface area contributed by atoms with Crippen molar-refractivity contribution in [1.82, 2.24) is 9.97 Å². The zero-order chi connectivity index (χ0) is 12.2. The van der Waals surface area contributed by atoms with Crippen molar-refractivity contribution in [1.29, 1.82) is 0 Å². The van der Waals surface area contributed by atoms with E-state index in [0.29, 0.717) is 24.3 Å². The van der Waals surface area contributed by atoms with Crippen LogP contribution < -0.4 is 20.5 Å². The van der Waals surface area contributed by atoms with E-state index >= 15 is 0 Å². The fourth-order valence-corrected chi connectivity index (χ4v) is 1.02. The van der Waals surface area contributed by atoms with Gasteiger partial charge in [-0.15, -0.1) is 0 Å². The number of nitrogens with two attached hydrogens (primary N) is 1. The van der Waals surface area contributed by atoms with Crippen LogP contribution in [-0.2, 0) is 0 Å². The standard InChI is InChI=1S/C10H18N4O2/c1-10(2,6-11)14-9-12-7(15-3)5-8(13-9)16-4/h5H,6,11H2,1-4H3,(H,12,13,14). The van der Waals surface area contributed by atoms with Crippen LogP contribution in [0.5, 0.6) is 11.8 Å². The van der Waals surface area contributed by atoms with E-state index in [1.165, 1.54) is 0 Å². The van der Waals surface area contributed by atoms with Gasteiger partial charge < -0.3 is 20.5 Å². The first-order chi connectivity index (χ1) is 7.50. The van der Waals surface area contributed by atoms with Gasteiger partial charge in [-0.25, -0.2) is 0 Å². The third kappa shape index (κ3) is 3.23. The van der Waals surface area contributed by atoms with Gasteiger partial charge in [-0.2, -0.15) is 9.97 Å². The molecule has 0 radical (unpaired) electrons. The molecule has 16 heavy (non-hydrogen) atoms. The summed E-state index contributed by atoms with van der Waals surface area (Å²) in [6.07, 6.45) is 0. The van der Waals surface area contributed by atoms with Crippen LogP contribution in [0.3, 0.4) is 0 Å². The Morgan fingerprint density at radius 1 is 1.25 bits per heavy atom. The Bertz CT molecular complexity index is 332. The molecule has 0 atom stereocenters. The first-order valence-corrected chi connectivity index (χ1v) is 4.96. The molecule has 0 aliphatic heterocycles. The summed E-state index contributed by atoms with van der Waals surface area (Å²) in [5, 5.41) is 3.11. The Morgan fingerprint density at radius 3 is 2.12 bits per heavy atom. The van der Waals surface area contributed by atoms with Crippen molar-refractivity contribution < 1.29 is 9.47 Å². The Labute approximate surface area is 95.2 Å². The summed E-state index contributed by atoms with van der Waals surface area (Å²) in [5.41, 5.74) is 5.33. The molecule has 90 valence electrons. The van der Waals surface area contributed by atoms with Crippen LogP contribution in [0.2, 0.25) is 0 Å². The van der Waals surface area contributed by atoms with Gasteiger partial charge in [0.15, 0.2) is 0 Å². The molecule has 1 rings (SSSR count). The van der Waals surface area contributed by atoms with Crippen molar-refractivity contribution in [2.75, 3.05) is 26.1 Å². The molecule has 0 spiro atoms. The van der Waals surface area contributed by atoms with Crippen molar-refractivity contribution in [2.24, 2.45) is 5.73 Å². The number of nitrogens with zero attached hydrogens (tertiary/aromatic N) is 2. The van der Waals surface area contributed by atoms with Gasteiger partial charge in [-0.1, -0.05) is 0 Å². The molecule has 3 N–H and O–H groups in total. The molecular weight excluding hydrogens is 208 g/mol. The molecule has 0 aliphatic carbocycles. The fourth-order valence-electron chi connectivity index (χ4n) is 1.02. The van der Waals surface area contributed by atoms with Crippen LogP contribution in [0.4, 0.5) is 5.95 Å². The molecule has 0 aromatic carbocycles. The Hall–Kier alpha value is -1.56. The van der Waals surface area contributed by atoms with Crippen LogP contribution in [0.1, 0.15) is 13.8 Å². The van der Waals surface area contributed by atoms with E-state index in [1.54, 1.807) is 20.3 Å². The van der Waals surface area contributed by atoms with Crippen LogP contribution in [0.15, 0.2) is 6.07 Å². The highest BCUT2D eigenvalue weighted by molar-refractivity contribution is 5.35. The van der Waals surface area contributed by atoms with Crippen molar-refractivity contribution in [2.45, 2.75) is 19.4 Å². The lowest BCUT2D eigenvalue weighted by Gasteiger charge is -2.24. The lowest BCUT2D eigenvalue weighted by atomic mass is 10.1. The summed E-state index contributed by atoms with van der Waals surface area (Å²) < 4.78 is 10.1. The van der Waals surface area contributed by atoms with Crippen LogP contribution in [0.25, 0.3) is 0 Å². The van der Waals surface area contributed by atoms with E-state index in [-0.39, 0.29) is 5.54 Å². The number of anilines is 1. The number of methoxy groups -OCH3 is 2. The molecular formula is C10H18N4O2. The maximum absolute atomic E-state index is 5.61. The zero-order valence-corrected chi connectivity index (χ0v) is 10.1. The highest BCUT2D eigenvalue weighted by atomic mass is 16.5. The maximum Gasteiger partial charge on any atom is 0.229 e. The van der Waals surface area contributed by atoms with Crippen molar-refractivity contribution in [3.8, 4) is 11.8 Å². The second kappa shape index (κ2) is 4.98. The summed E-state index contributed by atoms with van der Waals surface area (Å²) in [6.45, 7) is 4.39. The molecule has 0 saturated heterocycles. The van der Waals surface area contributed by atoms with Gasteiger partial charge >= 0.3 is 0 Å². The molecule has 1 aromatic heterocycles. The second-order valence-electron chi connectivity index (χ2n) is 3.99. The number of aromatic nitrogens is 2. The summed E-state index contributed by atoms with van der Waals surface area (Å²) in [4.78, 5) is 8.31. The monoisotopic (exact) mass is 226 g/mol. The zero-order valence-electron chi connectivity index (χ0n) is 10.1. The predicted octanol–water partition coefficient (Wildman–Crippen LogP) is 0.643. The molecule has 6 nitrogen and oxygen atoms in total. The first-order valence-electron chi connectivity index (χ1n) is 4.96. The number of hydrogen-bond acceptors (Lipinski definition) is 6. The van der Waals surface area contributed by atoms with Gasteiger partial charge in [0.1, 0.15) is 0 Å². The van der Waals surface area contributed by atoms with E-state index < -0.39 is 0 Å². The SMILES string of the molecule is COc1cc(OC)nc(NC(C)(C)CN)n1. The molecule has 0 saturated carbocycles. The minimum absolute atomic E-state index is 0.280. The number of hydrogen-bond donors (Lipinski definition) is 2. The van der Waals surface area contributed by atoms with Gasteiger partial charge in [-0.05, 0) is 13.8 Å². The first kappa shape index (κ1) is 12.5. The van der Waals surface area contributed by atoms with E-state index in [1.807, 2.05) is 13.8 Å². The topological polar surface area (TPSA) is 82.3 Å². The number of rotatable bonds is 5. The van der Waals surface area contributed by atoms with E-state index in [9.17, 15) is 0 Å². The van der Waals surface area contributed by atoms with E-state index in [0.717, 1.165) is 0 Å². The summed E-state index contributed by atoms with van der Waals surface area (Å²) >= 11 is 0. The highest BCUT2D eigenvalue weighted by Crippen LogP contribution is 2.19. The highest BCUT2D eigenvalue weighted by Gasteiger charge is 2.17. The van der Waals surface area contributed by atoms with E-state index in [2.05, 4.69) is 15.3 Å². The molecule has 0 fully saturated rings. The Balaban J connectivity index is 2.95. The van der Waals surface area contributed by atoms with Gasteiger partial charge in [0, 0.05) is 12.1 Å². The quantitative estimate of drug-likeness (QED) is 0.766. The molecule has 1 heterocycles. The molecule has 0 aliphatic rings. The molecule has 6 heteroatoms. The summed E-state index contributed by atoms with van der Waals surface area (Å²) in [7, 11) is 3.08. The maximum atomic E-state index is 5.61. The molecule has 0 bridgehead atoms. The van der Waals surface area contributed by atoms with Crippen LogP contribution in [-0.4, -0.2) is 36.3 Å². The van der Waals surface area contributed by atoms with Crippen LogP contribution >= 0.6 is 0 Å². The molecule has 0 amide bonds. The van der Waals surface area contributed by atoms with Crippen molar-refractivity contribution in [3.05, 3.63) is 6.07 Å². The minimum atomic E-state index is -0.280. The Kier molecular flexibility index (Phi) is 3.89. The average molecular weight is 226 g/mol. The van der Waals surface area contributed by atoms with Gasteiger partial charge in [0.05, 0.1) is 20.3 Å². The fraction of sp³-hybridized carbons (Fsp3) is 0.600. The predicted molar refractivity (Wildman–Crippen MR) is 61.9 cm³/mol. The number of nitrogens with one attached hydrogen (secondary N) is 1. The van der Waals surface area contributed by atoms with Crippen molar-refractivity contribution >= 4 is 5.95 Å². The van der Waals surface area contributed by atoms with Gasteiger partial charge in [0.25, 0.3) is 0 Å². The average Bonchev–Trinajstić information content (AvgIpc) is 2.28. The molecule has 0 unspecified atom stereocenters. The lowest BCUT2D eigenvalue weighted by Crippen LogP contribution is -2.39. The lowest BCUT2D eigenvalue weighted by molar-refractivity contribution is 0.372. The third-order valence-corrected chi connectivity index (χ3v) is 2.06. The van der Waals surface area contributed by atoms with Gasteiger partial charge in [0.2, 0.25) is 17.7 Å². The largest absolute Gasteiger partial charge is 0.481 e. The van der Waals surface area contributed by atoms with Gasteiger partial charge in [-0.3, -0.25) is 0 Å². The van der Waals surface area contributed by atoms with Crippen molar-refractivity contribution in [3.63, 3.8) is 0 Å². The Morgan fingerprint density at radius 2 is 1.75 bits per heavy atom. The second-order valence-corrected chi connectivity index (χ2v) is 3.99. The minimum Gasteiger partial charge on any atom is -0.481 e. The normalized spacial score (nSPS) is 11.1. The van der Waals surface area contributed by atoms with E-state index in [4.69, 9.17) is 15.2 Å². The van der Waals surface area contributed by atoms with Crippen LogP contribution in [0, 0.1) is 0 Å². The summed E-state index contributed by atoms with van der Waals surface area (Å²) in [5.74, 6) is 1.33. The third-order valence-electron chi connectivity index (χ3n) is 2.06.